The van der Waals surface area contributed by atoms with E-state index in [1.54, 1.807) is 6.07 Å². The highest BCUT2D eigenvalue weighted by Gasteiger charge is 2.25. The second-order valence-corrected chi connectivity index (χ2v) is 5.96. The molecule has 5 N–H and O–H groups in total. The summed E-state index contributed by atoms with van der Waals surface area (Å²) in [6, 6.07) is 4.38. The van der Waals surface area contributed by atoms with Gasteiger partial charge in [-0.25, -0.2) is 4.39 Å². The summed E-state index contributed by atoms with van der Waals surface area (Å²) < 4.78 is 13.6. The highest BCUT2D eigenvalue weighted by atomic mass is 35.5. The molecule has 0 unspecified atom stereocenters. The number of allylic oxidation sites excluding steroid dienone is 1. The molecule has 1 aromatic carbocycles. The van der Waals surface area contributed by atoms with Gasteiger partial charge in [0.15, 0.2) is 0 Å². The summed E-state index contributed by atoms with van der Waals surface area (Å²) in [5.74, 6) is -0.634. The van der Waals surface area contributed by atoms with Crippen LogP contribution in [-0.2, 0) is 11.3 Å². The minimum atomic E-state index is -0.458. The predicted octanol–water partition coefficient (Wildman–Crippen LogP) is 2.67. The van der Waals surface area contributed by atoms with E-state index in [-0.39, 0.29) is 23.0 Å². The Labute approximate surface area is 132 Å². The molecule has 0 radical (unpaired) electrons. The Hall–Kier alpha value is -1.24. The molecular weight excluding hydrogens is 313 g/mol. The van der Waals surface area contributed by atoms with Crippen LogP contribution in [0.25, 0.3) is 0 Å². The van der Waals surface area contributed by atoms with E-state index in [0.29, 0.717) is 10.6 Å². The fourth-order valence-electron chi connectivity index (χ4n) is 2.11. The number of nitrogens with two attached hydrogens (primary N) is 2. The minimum Gasteiger partial charge on any atom is -0.401 e. The van der Waals surface area contributed by atoms with E-state index in [1.807, 2.05) is 0 Å². The van der Waals surface area contributed by atoms with Gasteiger partial charge in [0.25, 0.3) is 5.91 Å². The highest BCUT2D eigenvalue weighted by molar-refractivity contribution is 8.01. The number of hydrogen-bond donors (Lipinski definition) is 3. The summed E-state index contributed by atoms with van der Waals surface area (Å²) >= 11 is 6.74. The molecule has 0 saturated heterocycles. The number of rotatable bonds is 5. The lowest BCUT2D eigenvalue weighted by Gasteiger charge is -2.27. The first-order chi connectivity index (χ1) is 10.0. The molecule has 1 aliphatic rings. The number of carbonyl (C=O) groups excluding carboxylic acids is 1. The summed E-state index contributed by atoms with van der Waals surface area (Å²) in [5, 5.41) is 8.42. The number of halogens is 2. The molecule has 21 heavy (non-hydrogen) atoms. The normalized spacial score (nSPS) is 16.1. The van der Waals surface area contributed by atoms with Gasteiger partial charge >= 0.3 is 0 Å². The van der Waals surface area contributed by atoms with Gasteiger partial charge in [-0.15, -0.1) is 0 Å². The van der Waals surface area contributed by atoms with Crippen LogP contribution in [0.1, 0.15) is 24.8 Å². The van der Waals surface area contributed by atoms with Crippen LogP contribution in [0, 0.1) is 11.7 Å². The zero-order valence-electron chi connectivity index (χ0n) is 11.4. The van der Waals surface area contributed by atoms with Crippen molar-refractivity contribution in [2.24, 2.45) is 16.8 Å². The van der Waals surface area contributed by atoms with Gasteiger partial charge < -0.3 is 11.1 Å². The Kier molecular flexibility index (Phi) is 5.50. The third kappa shape index (κ3) is 3.70. The second kappa shape index (κ2) is 7.15. The second-order valence-electron chi connectivity index (χ2n) is 4.91. The van der Waals surface area contributed by atoms with Crippen molar-refractivity contribution in [2.75, 3.05) is 0 Å². The third-order valence-electron chi connectivity index (χ3n) is 3.62. The fourth-order valence-corrected chi connectivity index (χ4v) is 2.82. The summed E-state index contributed by atoms with van der Waals surface area (Å²) in [6.45, 7) is -0.00759. The number of amides is 1. The number of hydrogen-bond acceptors (Lipinski definition) is 4. The van der Waals surface area contributed by atoms with Crippen LogP contribution in [0.2, 0.25) is 5.02 Å². The molecule has 0 aliphatic heterocycles. The maximum Gasteiger partial charge on any atom is 0.261 e. The zero-order valence-corrected chi connectivity index (χ0v) is 12.9. The number of nitrogens with one attached hydrogen (secondary N) is 1. The smallest absolute Gasteiger partial charge is 0.261 e. The molecule has 0 heterocycles. The van der Waals surface area contributed by atoms with Crippen LogP contribution in [0.3, 0.4) is 0 Å². The van der Waals surface area contributed by atoms with Crippen LogP contribution in [0.15, 0.2) is 28.8 Å². The Bertz CT molecular complexity index is 555. The van der Waals surface area contributed by atoms with Crippen molar-refractivity contribution in [1.82, 2.24) is 5.32 Å². The maximum absolute atomic E-state index is 13.6. The van der Waals surface area contributed by atoms with Crippen LogP contribution < -0.4 is 16.2 Å². The summed E-state index contributed by atoms with van der Waals surface area (Å²) in [4.78, 5) is 12.4. The number of benzene rings is 1. The SMILES string of the molecule is NS/C(C(=O)NCc1c(F)cccc1Cl)=C(\N)C1CCC1. The molecule has 0 aromatic heterocycles. The largest absolute Gasteiger partial charge is 0.401 e. The molecule has 0 atom stereocenters. The molecule has 0 spiro atoms. The zero-order chi connectivity index (χ0) is 15.4. The summed E-state index contributed by atoms with van der Waals surface area (Å²) in [7, 11) is 0. The van der Waals surface area contributed by atoms with Gasteiger partial charge in [0.1, 0.15) is 10.7 Å². The highest BCUT2D eigenvalue weighted by Crippen LogP contribution is 2.33. The molecule has 1 saturated carbocycles. The molecule has 1 fully saturated rings. The molecule has 1 aromatic rings. The average molecular weight is 330 g/mol. The van der Waals surface area contributed by atoms with Gasteiger partial charge in [-0.05, 0) is 42.8 Å². The average Bonchev–Trinajstić information content (AvgIpc) is 2.37. The lowest BCUT2D eigenvalue weighted by Crippen LogP contribution is -2.30. The monoisotopic (exact) mass is 329 g/mol. The molecule has 4 nitrogen and oxygen atoms in total. The van der Waals surface area contributed by atoms with Gasteiger partial charge in [-0.3, -0.25) is 9.93 Å². The predicted molar refractivity (Wildman–Crippen MR) is 83.6 cm³/mol. The maximum atomic E-state index is 13.6. The summed E-state index contributed by atoms with van der Waals surface area (Å²) in [5.41, 5.74) is 6.75. The van der Waals surface area contributed by atoms with E-state index in [0.717, 1.165) is 31.2 Å². The molecule has 1 amide bonds. The van der Waals surface area contributed by atoms with Crippen LogP contribution in [0.5, 0.6) is 0 Å². The van der Waals surface area contributed by atoms with Gasteiger partial charge in [-0.2, -0.15) is 0 Å². The minimum absolute atomic E-state index is 0.00759. The van der Waals surface area contributed by atoms with E-state index in [2.05, 4.69) is 5.32 Å². The molecule has 7 heteroatoms. The molecular formula is C14H17ClFN3OS. The van der Waals surface area contributed by atoms with Crippen molar-refractivity contribution in [3.8, 4) is 0 Å². The molecule has 0 bridgehead atoms. The quantitative estimate of drug-likeness (QED) is 0.573. The van der Waals surface area contributed by atoms with Crippen molar-refractivity contribution >= 4 is 29.5 Å². The lowest BCUT2D eigenvalue weighted by atomic mass is 9.83. The topological polar surface area (TPSA) is 81.1 Å². The standard InChI is InChI=1S/C14H17ClFN3OS/c15-10-5-2-6-11(16)9(10)7-19-14(20)13(21-18)12(17)8-3-1-4-8/h2,5-6,8H,1,3-4,7,17-18H2,(H,19,20)/b13-12-. The van der Waals surface area contributed by atoms with Crippen molar-refractivity contribution in [3.05, 3.63) is 45.2 Å². The molecule has 114 valence electrons. The van der Waals surface area contributed by atoms with E-state index in [4.69, 9.17) is 22.5 Å². The number of carbonyl (C=O) groups is 1. The third-order valence-corrected chi connectivity index (χ3v) is 4.63. The Morgan fingerprint density at radius 3 is 2.71 bits per heavy atom. The van der Waals surface area contributed by atoms with Crippen LogP contribution in [0.4, 0.5) is 4.39 Å². The molecule has 1 aliphatic carbocycles. The Balaban J connectivity index is 2.06. The summed E-state index contributed by atoms with van der Waals surface area (Å²) in [6.07, 6.45) is 3.06. The first kappa shape index (κ1) is 16.1. The van der Waals surface area contributed by atoms with Gasteiger partial charge in [0.2, 0.25) is 0 Å². The van der Waals surface area contributed by atoms with Crippen LogP contribution in [-0.4, -0.2) is 5.91 Å². The van der Waals surface area contributed by atoms with Crippen molar-refractivity contribution in [3.63, 3.8) is 0 Å². The van der Waals surface area contributed by atoms with E-state index in [1.165, 1.54) is 12.1 Å². The van der Waals surface area contributed by atoms with Crippen molar-refractivity contribution in [2.45, 2.75) is 25.8 Å². The van der Waals surface area contributed by atoms with E-state index >= 15 is 0 Å². The first-order valence-corrected chi connectivity index (χ1v) is 7.87. The molecule has 2 rings (SSSR count). The van der Waals surface area contributed by atoms with Gasteiger partial charge in [0.05, 0.1) is 0 Å². The fraction of sp³-hybridized carbons (Fsp3) is 0.357. The van der Waals surface area contributed by atoms with E-state index in [9.17, 15) is 9.18 Å². The Morgan fingerprint density at radius 1 is 1.48 bits per heavy atom. The van der Waals surface area contributed by atoms with Crippen molar-refractivity contribution in [1.29, 1.82) is 0 Å². The van der Waals surface area contributed by atoms with Crippen molar-refractivity contribution < 1.29 is 9.18 Å². The van der Waals surface area contributed by atoms with Gasteiger partial charge in [-0.1, -0.05) is 24.1 Å². The lowest BCUT2D eigenvalue weighted by molar-refractivity contribution is -0.117. The van der Waals surface area contributed by atoms with Gasteiger partial charge in [0, 0.05) is 22.8 Å². The Morgan fingerprint density at radius 2 is 2.19 bits per heavy atom. The van der Waals surface area contributed by atoms with Crippen LogP contribution >= 0.6 is 23.5 Å². The first-order valence-electron chi connectivity index (χ1n) is 6.62. The van der Waals surface area contributed by atoms with E-state index < -0.39 is 11.7 Å².